The third kappa shape index (κ3) is 6.65. The number of nitrogens with zero attached hydrogens (tertiary/aromatic N) is 1. The van der Waals surface area contributed by atoms with Gasteiger partial charge >= 0.3 is 0 Å². The maximum absolute atomic E-state index is 13.7. The van der Waals surface area contributed by atoms with Crippen molar-refractivity contribution in [2.75, 3.05) is 18.4 Å². The molecule has 1 saturated heterocycles. The predicted octanol–water partition coefficient (Wildman–Crippen LogP) is 6.35. The van der Waals surface area contributed by atoms with Gasteiger partial charge in [-0.05, 0) is 79.8 Å². The van der Waals surface area contributed by atoms with Crippen molar-refractivity contribution in [2.24, 2.45) is 17.8 Å². The summed E-state index contributed by atoms with van der Waals surface area (Å²) in [6.45, 7) is 4.40. The SMILES string of the molecule is CCC1CCCN(C(=O)C(O)C2CCCCC2)CC1C(=O)Nc1ccc(-c2ccc(Cl)cc2)cc1C(C)=O. The molecule has 2 aromatic carbocycles. The molecule has 2 aliphatic rings. The van der Waals surface area contributed by atoms with Crippen LogP contribution in [-0.4, -0.2) is 46.8 Å². The fraction of sp³-hybridized carbons (Fsp3) is 0.516. The minimum Gasteiger partial charge on any atom is -0.383 e. The molecule has 1 heterocycles. The van der Waals surface area contributed by atoms with Gasteiger partial charge in [0.25, 0.3) is 5.91 Å². The molecule has 38 heavy (non-hydrogen) atoms. The molecule has 2 fully saturated rings. The molecular formula is C31H39ClN2O4. The largest absolute Gasteiger partial charge is 0.383 e. The second kappa shape index (κ2) is 12.9. The Bertz CT molecular complexity index is 1140. The van der Waals surface area contributed by atoms with Crippen LogP contribution in [0, 0.1) is 17.8 Å². The van der Waals surface area contributed by atoms with Crippen molar-refractivity contribution in [3.05, 3.63) is 53.1 Å². The molecule has 2 amide bonds. The fourth-order valence-electron chi connectivity index (χ4n) is 6.04. The summed E-state index contributed by atoms with van der Waals surface area (Å²) < 4.78 is 0. The van der Waals surface area contributed by atoms with E-state index in [4.69, 9.17) is 11.6 Å². The topological polar surface area (TPSA) is 86.7 Å². The number of halogens is 1. The molecule has 2 N–H and O–H groups in total. The van der Waals surface area contributed by atoms with Crippen LogP contribution in [0.2, 0.25) is 5.02 Å². The van der Waals surface area contributed by atoms with E-state index in [9.17, 15) is 19.5 Å². The zero-order chi connectivity index (χ0) is 27.2. The minimum atomic E-state index is -0.998. The van der Waals surface area contributed by atoms with Gasteiger partial charge in [0.05, 0.1) is 11.6 Å². The first-order valence-electron chi connectivity index (χ1n) is 14.0. The molecular weight excluding hydrogens is 500 g/mol. The Labute approximate surface area is 230 Å². The number of likely N-dealkylation sites (tertiary alicyclic amines) is 1. The van der Waals surface area contributed by atoms with Crippen molar-refractivity contribution >= 4 is 34.9 Å². The van der Waals surface area contributed by atoms with Crippen molar-refractivity contribution in [3.8, 4) is 11.1 Å². The first-order valence-corrected chi connectivity index (χ1v) is 14.3. The normalized spacial score (nSPS) is 21.4. The molecule has 1 aliphatic heterocycles. The summed E-state index contributed by atoms with van der Waals surface area (Å²) in [6.07, 6.45) is 6.48. The van der Waals surface area contributed by atoms with Crippen molar-refractivity contribution in [1.82, 2.24) is 4.90 Å². The molecule has 4 rings (SSSR count). The highest BCUT2D eigenvalue weighted by Gasteiger charge is 2.37. The highest BCUT2D eigenvalue weighted by atomic mass is 35.5. The summed E-state index contributed by atoms with van der Waals surface area (Å²) in [4.78, 5) is 41.2. The van der Waals surface area contributed by atoms with Crippen LogP contribution in [0.3, 0.4) is 0 Å². The van der Waals surface area contributed by atoms with Crippen molar-refractivity contribution in [2.45, 2.75) is 71.3 Å². The van der Waals surface area contributed by atoms with Gasteiger partial charge in [0.2, 0.25) is 5.91 Å². The van der Waals surface area contributed by atoms with E-state index in [0.717, 1.165) is 62.5 Å². The quantitative estimate of drug-likeness (QED) is 0.402. The van der Waals surface area contributed by atoms with Gasteiger partial charge < -0.3 is 15.3 Å². The number of carbonyl (C=O) groups excluding carboxylic acids is 3. The number of ketones is 1. The molecule has 0 aromatic heterocycles. The molecule has 7 heteroatoms. The maximum Gasteiger partial charge on any atom is 0.251 e. The predicted molar refractivity (Wildman–Crippen MR) is 151 cm³/mol. The van der Waals surface area contributed by atoms with Crippen LogP contribution >= 0.6 is 11.6 Å². The first kappa shape index (κ1) is 28.3. The number of anilines is 1. The molecule has 2 aromatic rings. The third-order valence-electron chi connectivity index (χ3n) is 8.35. The van der Waals surface area contributed by atoms with E-state index in [1.165, 1.54) is 6.92 Å². The number of nitrogens with one attached hydrogen (secondary N) is 1. The number of hydrogen-bond donors (Lipinski definition) is 2. The Kier molecular flexibility index (Phi) is 9.61. The van der Waals surface area contributed by atoms with Gasteiger partial charge in [0.15, 0.2) is 5.78 Å². The smallest absolute Gasteiger partial charge is 0.251 e. The number of aliphatic hydroxyl groups is 1. The zero-order valence-corrected chi connectivity index (χ0v) is 23.2. The van der Waals surface area contributed by atoms with Gasteiger partial charge in [-0.3, -0.25) is 14.4 Å². The van der Waals surface area contributed by atoms with Crippen LogP contribution in [0.4, 0.5) is 5.69 Å². The summed E-state index contributed by atoms with van der Waals surface area (Å²) in [5, 5.41) is 14.5. The van der Waals surface area contributed by atoms with Crippen molar-refractivity contribution in [3.63, 3.8) is 0 Å². The van der Waals surface area contributed by atoms with Crippen molar-refractivity contribution in [1.29, 1.82) is 0 Å². The third-order valence-corrected chi connectivity index (χ3v) is 8.60. The Balaban J connectivity index is 1.53. The maximum atomic E-state index is 13.7. The van der Waals surface area contributed by atoms with E-state index >= 15 is 0 Å². The highest BCUT2D eigenvalue weighted by molar-refractivity contribution is 6.30. The number of benzene rings is 2. The summed E-state index contributed by atoms with van der Waals surface area (Å²) >= 11 is 6.02. The van der Waals surface area contributed by atoms with Crippen LogP contribution in [0.5, 0.6) is 0 Å². The Hall–Kier alpha value is -2.70. The molecule has 1 saturated carbocycles. The molecule has 3 unspecified atom stereocenters. The Morgan fingerprint density at radius 1 is 1.00 bits per heavy atom. The van der Waals surface area contributed by atoms with E-state index < -0.39 is 12.0 Å². The van der Waals surface area contributed by atoms with Gasteiger partial charge in [0, 0.05) is 23.7 Å². The molecule has 0 radical (unpaired) electrons. The van der Waals surface area contributed by atoms with E-state index in [1.54, 1.807) is 29.2 Å². The standard InChI is InChI=1S/C31H39ClN2O4/c1-3-21-10-7-17-34(31(38)29(36)23-8-5-4-6-9-23)19-27(21)30(37)33-28-16-13-24(18-26(28)20(2)35)22-11-14-25(32)15-12-22/h11-16,18,21,23,27,29,36H,3-10,17,19H2,1-2H3,(H,33,37). The van der Waals surface area contributed by atoms with Crippen LogP contribution in [0.15, 0.2) is 42.5 Å². The molecule has 3 atom stereocenters. The summed E-state index contributed by atoms with van der Waals surface area (Å²) in [5.41, 5.74) is 2.70. The fourth-order valence-corrected chi connectivity index (χ4v) is 6.17. The van der Waals surface area contributed by atoms with Gasteiger partial charge in [-0.1, -0.05) is 62.4 Å². The lowest BCUT2D eigenvalue weighted by molar-refractivity contribution is -0.144. The number of Topliss-reactive ketones (excluding diaryl/α,β-unsaturated/α-hetero) is 1. The minimum absolute atomic E-state index is 0.00558. The average Bonchev–Trinajstić information content (AvgIpc) is 3.16. The average molecular weight is 539 g/mol. The number of carbonyl (C=O) groups is 3. The molecule has 6 nitrogen and oxygen atoms in total. The van der Waals surface area contributed by atoms with Gasteiger partial charge in [0.1, 0.15) is 6.10 Å². The van der Waals surface area contributed by atoms with Crippen molar-refractivity contribution < 1.29 is 19.5 Å². The monoisotopic (exact) mass is 538 g/mol. The van der Waals surface area contributed by atoms with Crippen LogP contribution in [-0.2, 0) is 9.59 Å². The second-order valence-corrected chi connectivity index (χ2v) is 11.3. The molecule has 0 spiro atoms. The van der Waals surface area contributed by atoms with E-state index in [2.05, 4.69) is 12.2 Å². The second-order valence-electron chi connectivity index (χ2n) is 10.9. The lowest BCUT2D eigenvalue weighted by atomic mass is 9.84. The molecule has 204 valence electrons. The van der Waals surface area contributed by atoms with Gasteiger partial charge in [-0.15, -0.1) is 0 Å². The number of rotatable bonds is 7. The number of aliphatic hydroxyl groups excluding tert-OH is 1. The zero-order valence-electron chi connectivity index (χ0n) is 22.4. The Morgan fingerprint density at radius 2 is 1.68 bits per heavy atom. The summed E-state index contributed by atoms with van der Waals surface area (Å²) in [6, 6.07) is 12.8. The Morgan fingerprint density at radius 3 is 2.34 bits per heavy atom. The van der Waals surface area contributed by atoms with Crippen LogP contribution in [0.1, 0.15) is 75.6 Å². The van der Waals surface area contributed by atoms with Crippen LogP contribution in [0.25, 0.3) is 11.1 Å². The van der Waals surface area contributed by atoms with E-state index in [1.807, 2.05) is 18.2 Å². The lowest BCUT2D eigenvalue weighted by Gasteiger charge is -2.32. The molecule has 1 aliphatic carbocycles. The van der Waals surface area contributed by atoms with E-state index in [-0.39, 0.29) is 36.0 Å². The summed E-state index contributed by atoms with van der Waals surface area (Å²) in [5.74, 6) is -0.870. The number of amides is 2. The number of hydrogen-bond acceptors (Lipinski definition) is 4. The van der Waals surface area contributed by atoms with Gasteiger partial charge in [-0.25, -0.2) is 0 Å². The summed E-state index contributed by atoms with van der Waals surface area (Å²) in [7, 11) is 0. The van der Waals surface area contributed by atoms with Crippen LogP contribution < -0.4 is 5.32 Å². The van der Waals surface area contributed by atoms with Gasteiger partial charge in [-0.2, -0.15) is 0 Å². The highest BCUT2D eigenvalue weighted by Crippen LogP contribution is 2.32. The molecule has 0 bridgehead atoms. The first-order chi connectivity index (χ1) is 18.3. The lowest BCUT2D eigenvalue weighted by Crippen LogP contribution is -2.47. The van der Waals surface area contributed by atoms with E-state index in [0.29, 0.717) is 22.8 Å².